The number of rotatable bonds is 4. The molecule has 0 atom stereocenters. The van der Waals surface area contributed by atoms with Crippen LogP contribution >= 0.6 is 12.6 Å². The van der Waals surface area contributed by atoms with Gasteiger partial charge < -0.3 is 9.80 Å². The summed E-state index contributed by atoms with van der Waals surface area (Å²) in [6.07, 6.45) is 11.2. The van der Waals surface area contributed by atoms with Gasteiger partial charge in [-0.2, -0.15) is 12.6 Å². The third-order valence-corrected chi connectivity index (χ3v) is 6.07. The molecular weight excluding hydrogens is 252 g/mol. The van der Waals surface area contributed by atoms with Crippen molar-refractivity contribution in [2.75, 3.05) is 39.5 Å². The highest BCUT2D eigenvalue weighted by atomic mass is 32.1. The first-order valence-corrected chi connectivity index (χ1v) is 8.78. The molecule has 0 spiro atoms. The molecule has 0 amide bonds. The van der Waals surface area contributed by atoms with Gasteiger partial charge in [0.1, 0.15) is 0 Å². The Morgan fingerprint density at radius 2 is 1.68 bits per heavy atom. The number of piperidine rings is 1. The zero-order chi connectivity index (χ0) is 13.7. The third kappa shape index (κ3) is 4.37. The van der Waals surface area contributed by atoms with E-state index in [1.807, 2.05) is 0 Å². The van der Waals surface area contributed by atoms with E-state index in [1.165, 1.54) is 71.0 Å². The molecule has 2 aliphatic rings. The maximum absolute atomic E-state index is 4.72. The van der Waals surface area contributed by atoms with Crippen molar-refractivity contribution in [1.29, 1.82) is 0 Å². The second-order valence-corrected chi connectivity index (χ2v) is 7.34. The second-order valence-electron chi connectivity index (χ2n) is 7.02. The summed E-state index contributed by atoms with van der Waals surface area (Å²) in [4.78, 5) is 5.12. The van der Waals surface area contributed by atoms with Crippen LogP contribution in [0.1, 0.15) is 51.4 Å². The Morgan fingerprint density at radius 3 is 2.21 bits per heavy atom. The summed E-state index contributed by atoms with van der Waals surface area (Å²) in [6.45, 7) is 3.80. The Morgan fingerprint density at radius 1 is 1.11 bits per heavy atom. The minimum Gasteiger partial charge on any atom is -0.306 e. The zero-order valence-corrected chi connectivity index (χ0v) is 13.8. The van der Waals surface area contributed by atoms with E-state index in [0.717, 1.165) is 11.8 Å². The van der Waals surface area contributed by atoms with Crippen LogP contribution in [0.4, 0.5) is 0 Å². The minimum absolute atomic E-state index is 0.498. The highest BCUT2D eigenvalue weighted by Crippen LogP contribution is 2.37. The predicted octanol–water partition coefficient (Wildman–Crippen LogP) is 3.28. The van der Waals surface area contributed by atoms with Crippen LogP contribution in [-0.2, 0) is 0 Å². The van der Waals surface area contributed by atoms with Gasteiger partial charge in [-0.05, 0) is 64.0 Å². The molecule has 2 nitrogen and oxygen atoms in total. The average molecular weight is 285 g/mol. The van der Waals surface area contributed by atoms with Gasteiger partial charge in [0.15, 0.2) is 0 Å². The Kier molecular flexibility index (Phi) is 6.04. The molecule has 112 valence electrons. The molecule has 2 rings (SSSR count). The lowest BCUT2D eigenvalue weighted by Gasteiger charge is -2.41. The van der Waals surface area contributed by atoms with Gasteiger partial charge in [0, 0.05) is 12.6 Å². The van der Waals surface area contributed by atoms with Crippen molar-refractivity contribution in [2.24, 2.45) is 5.41 Å². The Labute approximate surface area is 125 Å². The molecule has 0 aromatic heterocycles. The summed E-state index contributed by atoms with van der Waals surface area (Å²) in [7, 11) is 4.60. The standard InChI is InChI=1S/C16H32N2S/c1-17-11-7-15(8-12-17)18(2)13-16(14-19)9-5-3-4-6-10-16/h15,19H,3-14H2,1-2H3. The molecule has 0 N–H and O–H groups in total. The van der Waals surface area contributed by atoms with E-state index in [1.54, 1.807) is 0 Å². The van der Waals surface area contributed by atoms with Crippen LogP contribution in [0.2, 0.25) is 0 Å². The van der Waals surface area contributed by atoms with Crippen molar-refractivity contribution < 1.29 is 0 Å². The number of thiol groups is 1. The maximum Gasteiger partial charge on any atom is 0.0117 e. The number of likely N-dealkylation sites (tertiary alicyclic amines) is 1. The lowest BCUT2D eigenvalue weighted by atomic mass is 9.81. The van der Waals surface area contributed by atoms with Gasteiger partial charge in [-0.15, -0.1) is 0 Å². The summed E-state index contributed by atoms with van der Waals surface area (Å²) in [5.74, 6) is 1.07. The summed E-state index contributed by atoms with van der Waals surface area (Å²) >= 11 is 4.72. The zero-order valence-electron chi connectivity index (χ0n) is 12.9. The molecule has 0 unspecified atom stereocenters. The van der Waals surface area contributed by atoms with Crippen molar-refractivity contribution in [3.8, 4) is 0 Å². The van der Waals surface area contributed by atoms with E-state index in [-0.39, 0.29) is 0 Å². The number of hydrogen-bond acceptors (Lipinski definition) is 3. The fourth-order valence-corrected chi connectivity index (χ4v) is 4.35. The smallest absolute Gasteiger partial charge is 0.0117 e. The van der Waals surface area contributed by atoms with E-state index in [0.29, 0.717) is 5.41 Å². The highest BCUT2D eigenvalue weighted by molar-refractivity contribution is 7.80. The van der Waals surface area contributed by atoms with Crippen LogP contribution in [0.5, 0.6) is 0 Å². The van der Waals surface area contributed by atoms with Crippen molar-refractivity contribution in [2.45, 2.75) is 57.4 Å². The predicted molar refractivity (Wildman–Crippen MR) is 87.1 cm³/mol. The van der Waals surface area contributed by atoms with E-state index in [4.69, 9.17) is 12.6 Å². The van der Waals surface area contributed by atoms with Crippen LogP contribution in [0.3, 0.4) is 0 Å². The minimum atomic E-state index is 0.498. The largest absolute Gasteiger partial charge is 0.306 e. The normalized spacial score (nSPS) is 26.5. The molecule has 1 aliphatic heterocycles. The van der Waals surface area contributed by atoms with E-state index in [9.17, 15) is 0 Å². The molecular formula is C16H32N2S. The fraction of sp³-hybridized carbons (Fsp3) is 1.00. The highest BCUT2D eigenvalue weighted by Gasteiger charge is 2.33. The quantitative estimate of drug-likeness (QED) is 0.625. The Hall–Kier alpha value is 0.270. The Balaban J connectivity index is 1.89. The molecule has 3 heteroatoms. The summed E-state index contributed by atoms with van der Waals surface area (Å²) in [5.41, 5.74) is 0.498. The Bertz CT molecular complexity index is 253. The van der Waals surface area contributed by atoms with Crippen molar-refractivity contribution in [1.82, 2.24) is 9.80 Å². The summed E-state index contributed by atoms with van der Waals surface area (Å²) in [5, 5.41) is 0. The van der Waals surface area contributed by atoms with Gasteiger partial charge in [-0.25, -0.2) is 0 Å². The van der Waals surface area contributed by atoms with Crippen LogP contribution < -0.4 is 0 Å². The lowest BCUT2D eigenvalue weighted by Crippen LogP contribution is -2.46. The van der Waals surface area contributed by atoms with Gasteiger partial charge >= 0.3 is 0 Å². The monoisotopic (exact) mass is 284 g/mol. The fourth-order valence-electron chi connectivity index (χ4n) is 3.94. The van der Waals surface area contributed by atoms with Crippen molar-refractivity contribution >= 4 is 12.6 Å². The van der Waals surface area contributed by atoms with Gasteiger partial charge in [0.25, 0.3) is 0 Å². The van der Waals surface area contributed by atoms with Crippen molar-refractivity contribution in [3.05, 3.63) is 0 Å². The van der Waals surface area contributed by atoms with Crippen LogP contribution in [0.25, 0.3) is 0 Å². The van der Waals surface area contributed by atoms with Crippen LogP contribution in [-0.4, -0.2) is 55.3 Å². The van der Waals surface area contributed by atoms with Gasteiger partial charge in [0.05, 0.1) is 0 Å². The first-order valence-electron chi connectivity index (χ1n) is 8.15. The van der Waals surface area contributed by atoms with Gasteiger partial charge in [0.2, 0.25) is 0 Å². The molecule has 2 fully saturated rings. The summed E-state index contributed by atoms with van der Waals surface area (Å²) < 4.78 is 0. The van der Waals surface area contributed by atoms with Gasteiger partial charge in [-0.3, -0.25) is 0 Å². The molecule has 1 saturated heterocycles. The second kappa shape index (κ2) is 7.33. The van der Waals surface area contributed by atoms with Crippen LogP contribution in [0.15, 0.2) is 0 Å². The molecule has 1 saturated carbocycles. The first-order chi connectivity index (χ1) is 9.15. The van der Waals surface area contributed by atoms with E-state index >= 15 is 0 Å². The first kappa shape index (κ1) is 15.7. The van der Waals surface area contributed by atoms with E-state index < -0.39 is 0 Å². The third-order valence-electron chi connectivity index (χ3n) is 5.40. The molecule has 19 heavy (non-hydrogen) atoms. The number of nitrogens with zero attached hydrogens (tertiary/aromatic N) is 2. The maximum atomic E-state index is 4.72. The average Bonchev–Trinajstić information content (AvgIpc) is 2.65. The molecule has 0 radical (unpaired) electrons. The topological polar surface area (TPSA) is 6.48 Å². The molecule has 1 aliphatic carbocycles. The summed E-state index contributed by atoms with van der Waals surface area (Å²) in [6, 6.07) is 0.802. The molecule has 1 heterocycles. The van der Waals surface area contributed by atoms with Gasteiger partial charge in [-0.1, -0.05) is 25.7 Å². The lowest BCUT2D eigenvalue weighted by molar-refractivity contribution is 0.0944. The van der Waals surface area contributed by atoms with Crippen LogP contribution in [0, 0.1) is 5.41 Å². The molecule has 0 aromatic carbocycles. The van der Waals surface area contributed by atoms with E-state index in [2.05, 4.69) is 23.9 Å². The SMILES string of the molecule is CN1CCC(N(C)CC2(CS)CCCCCC2)CC1. The molecule has 0 aromatic rings. The molecule has 0 bridgehead atoms. The van der Waals surface area contributed by atoms with Crippen molar-refractivity contribution in [3.63, 3.8) is 0 Å². The number of hydrogen-bond donors (Lipinski definition) is 1.